The lowest BCUT2D eigenvalue weighted by Gasteiger charge is -2.04. The number of carbonyl (C=O) groups is 1. The monoisotopic (exact) mass is 217 g/mol. The van der Waals surface area contributed by atoms with Gasteiger partial charge in [0.2, 0.25) is 0 Å². The van der Waals surface area contributed by atoms with Crippen molar-refractivity contribution in [2.75, 3.05) is 39.6 Å². The van der Waals surface area contributed by atoms with E-state index in [9.17, 15) is 4.79 Å². The van der Waals surface area contributed by atoms with Gasteiger partial charge in [-0.3, -0.25) is 0 Å². The van der Waals surface area contributed by atoms with Gasteiger partial charge >= 0.3 is 5.97 Å². The van der Waals surface area contributed by atoms with Crippen LogP contribution < -0.4 is 0 Å². The van der Waals surface area contributed by atoms with Crippen LogP contribution in [0.5, 0.6) is 0 Å². The average molecular weight is 217 g/mol. The van der Waals surface area contributed by atoms with Gasteiger partial charge in [0.05, 0.1) is 26.4 Å². The van der Waals surface area contributed by atoms with Crippen LogP contribution in [-0.2, 0) is 19.0 Å². The fourth-order valence-electron chi connectivity index (χ4n) is 0.728. The lowest BCUT2D eigenvalue weighted by Crippen LogP contribution is -2.15. The quantitative estimate of drug-likeness (QED) is 0.188. The summed E-state index contributed by atoms with van der Waals surface area (Å²) in [4.78, 5) is 13.3. The lowest BCUT2D eigenvalue weighted by molar-refractivity contribution is -0.148. The van der Waals surface area contributed by atoms with E-state index in [1.165, 1.54) is 0 Å². The molecule has 15 heavy (non-hydrogen) atoms. The van der Waals surface area contributed by atoms with E-state index in [1.807, 2.05) is 0 Å². The van der Waals surface area contributed by atoms with Crippen LogP contribution in [0.2, 0.25) is 0 Å². The van der Waals surface area contributed by atoms with Gasteiger partial charge in [0.15, 0.2) is 0 Å². The summed E-state index contributed by atoms with van der Waals surface area (Å²) in [6, 6.07) is 0. The minimum absolute atomic E-state index is 0.0620. The van der Waals surface area contributed by atoms with Crippen LogP contribution in [0.4, 0.5) is 0 Å². The lowest BCUT2D eigenvalue weighted by atomic mass is 10.6. The third kappa shape index (κ3) is 10.6. The second-order valence-corrected chi connectivity index (χ2v) is 2.42. The highest BCUT2D eigenvalue weighted by Crippen LogP contribution is 1.83. The van der Waals surface area contributed by atoms with Gasteiger partial charge < -0.3 is 14.2 Å². The number of hydrogen-bond donors (Lipinski definition) is 0. The fourth-order valence-corrected chi connectivity index (χ4v) is 0.728. The van der Waals surface area contributed by atoms with E-state index in [0.29, 0.717) is 33.0 Å². The maximum atomic E-state index is 10.8. The number of nitrogens with zero attached hydrogens (tertiary/aromatic N) is 3. The highest BCUT2D eigenvalue weighted by Gasteiger charge is 2.00. The Kier molecular flexibility index (Phi) is 9.84. The van der Waals surface area contributed by atoms with Crippen LogP contribution in [-0.4, -0.2) is 45.5 Å². The largest absolute Gasteiger partial charge is 0.464 e. The molecule has 0 atom stereocenters. The Morgan fingerprint density at radius 2 is 2.07 bits per heavy atom. The molecule has 0 aromatic carbocycles. The van der Waals surface area contributed by atoms with E-state index in [2.05, 4.69) is 14.8 Å². The fraction of sp³-hybridized carbons (Fsp3) is 0.875. The molecule has 0 aliphatic heterocycles. The van der Waals surface area contributed by atoms with Gasteiger partial charge in [0.25, 0.3) is 0 Å². The summed E-state index contributed by atoms with van der Waals surface area (Å²) in [7, 11) is 0. The molecule has 0 aromatic heterocycles. The van der Waals surface area contributed by atoms with Crippen molar-refractivity contribution >= 4 is 5.97 Å². The zero-order valence-corrected chi connectivity index (χ0v) is 8.72. The van der Waals surface area contributed by atoms with Gasteiger partial charge in [0.1, 0.15) is 6.61 Å². The molecule has 7 heteroatoms. The summed E-state index contributed by atoms with van der Waals surface area (Å²) in [6.07, 6.45) is 0. The molecule has 0 heterocycles. The number of carbonyl (C=O) groups excluding carboxylic acids is 1. The molecular weight excluding hydrogens is 202 g/mol. The smallest absolute Gasteiger partial charge is 0.332 e. The first-order chi connectivity index (χ1) is 7.31. The van der Waals surface area contributed by atoms with Crippen molar-refractivity contribution < 1.29 is 19.0 Å². The highest BCUT2D eigenvalue weighted by atomic mass is 16.6. The van der Waals surface area contributed by atoms with E-state index in [1.54, 1.807) is 6.92 Å². The second-order valence-electron chi connectivity index (χ2n) is 2.42. The normalized spacial score (nSPS) is 9.40. The van der Waals surface area contributed by atoms with Crippen molar-refractivity contribution in [1.29, 1.82) is 0 Å². The van der Waals surface area contributed by atoms with Crippen LogP contribution in [0, 0.1) is 0 Å². The van der Waals surface area contributed by atoms with Crippen molar-refractivity contribution in [3.05, 3.63) is 10.4 Å². The molecule has 0 spiro atoms. The molecule has 0 rings (SSSR count). The molecule has 0 fully saturated rings. The van der Waals surface area contributed by atoms with Crippen LogP contribution in [0.25, 0.3) is 10.4 Å². The summed E-state index contributed by atoms with van der Waals surface area (Å²) in [5, 5.41) is 3.28. The van der Waals surface area contributed by atoms with Crippen molar-refractivity contribution in [1.82, 2.24) is 0 Å². The third-order valence-corrected chi connectivity index (χ3v) is 1.30. The molecule has 0 radical (unpaired) electrons. The van der Waals surface area contributed by atoms with E-state index >= 15 is 0 Å². The molecule has 0 saturated carbocycles. The van der Waals surface area contributed by atoms with Gasteiger partial charge in [-0.15, -0.1) is 0 Å². The number of azide groups is 1. The van der Waals surface area contributed by atoms with Crippen molar-refractivity contribution in [3.8, 4) is 0 Å². The molecule has 0 bridgehead atoms. The first kappa shape index (κ1) is 13.7. The maximum absolute atomic E-state index is 10.8. The minimum atomic E-state index is -0.383. The first-order valence-corrected chi connectivity index (χ1v) is 4.63. The topological polar surface area (TPSA) is 93.5 Å². The molecule has 0 N–H and O–H groups in total. The molecule has 0 aromatic rings. The Bertz CT molecular complexity index is 216. The Morgan fingerprint density at radius 1 is 1.33 bits per heavy atom. The highest BCUT2D eigenvalue weighted by molar-refractivity contribution is 5.70. The third-order valence-electron chi connectivity index (χ3n) is 1.30. The molecular formula is C8H15N3O4. The number of esters is 1. The van der Waals surface area contributed by atoms with Gasteiger partial charge in [-0.05, 0) is 12.5 Å². The summed E-state index contributed by atoms with van der Waals surface area (Å²) in [5.41, 5.74) is 7.95. The van der Waals surface area contributed by atoms with Crippen LogP contribution in [0.3, 0.4) is 0 Å². The molecule has 0 unspecified atom stereocenters. The van der Waals surface area contributed by atoms with E-state index < -0.39 is 0 Å². The van der Waals surface area contributed by atoms with Crippen molar-refractivity contribution in [3.63, 3.8) is 0 Å². The Balaban J connectivity index is 3.10. The van der Waals surface area contributed by atoms with E-state index in [0.717, 1.165) is 0 Å². The molecule has 0 amide bonds. The molecule has 7 nitrogen and oxygen atoms in total. The first-order valence-electron chi connectivity index (χ1n) is 4.63. The van der Waals surface area contributed by atoms with Gasteiger partial charge in [-0.25, -0.2) is 4.79 Å². The predicted molar refractivity (Wildman–Crippen MR) is 52.3 cm³/mol. The second kappa shape index (κ2) is 10.8. The van der Waals surface area contributed by atoms with Crippen LogP contribution in [0.1, 0.15) is 6.92 Å². The number of hydrogen-bond acceptors (Lipinski definition) is 5. The maximum Gasteiger partial charge on any atom is 0.332 e. The summed E-state index contributed by atoms with van der Waals surface area (Å²) in [5.74, 6) is -0.383. The zero-order valence-electron chi connectivity index (χ0n) is 8.72. The van der Waals surface area contributed by atoms with Crippen LogP contribution >= 0.6 is 0 Å². The van der Waals surface area contributed by atoms with E-state index in [4.69, 9.17) is 15.0 Å². The molecule has 0 aliphatic rings. The Labute approximate surface area is 87.9 Å². The average Bonchev–Trinajstić information content (AvgIpc) is 2.22. The van der Waals surface area contributed by atoms with Gasteiger partial charge in [-0.2, -0.15) is 0 Å². The molecule has 0 saturated heterocycles. The predicted octanol–water partition coefficient (Wildman–Crippen LogP) is 0.893. The zero-order chi connectivity index (χ0) is 11.4. The molecule has 0 aliphatic carbocycles. The SMILES string of the molecule is CCOC(=O)COCCOCCN=[N+]=[N-]. The Hall–Kier alpha value is -1.30. The summed E-state index contributed by atoms with van der Waals surface area (Å²) in [6.45, 7) is 3.35. The standard InChI is InChI=1S/C8H15N3O4/c1-2-15-8(12)7-14-6-5-13-4-3-10-11-9/h2-7H2,1H3. The summed E-state index contributed by atoms with van der Waals surface area (Å²) >= 11 is 0. The minimum Gasteiger partial charge on any atom is -0.464 e. The van der Waals surface area contributed by atoms with Crippen LogP contribution in [0.15, 0.2) is 5.11 Å². The summed E-state index contributed by atoms with van der Waals surface area (Å²) < 4.78 is 14.6. The molecule has 86 valence electrons. The number of ether oxygens (including phenoxy) is 3. The van der Waals surface area contributed by atoms with Crippen molar-refractivity contribution in [2.45, 2.75) is 6.92 Å². The Morgan fingerprint density at radius 3 is 2.73 bits per heavy atom. The van der Waals surface area contributed by atoms with Gasteiger partial charge in [-0.1, -0.05) is 5.11 Å². The number of rotatable bonds is 9. The van der Waals surface area contributed by atoms with Crippen molar-refractivity contribution in [2.24, 2.45) is 5.11 Å². The van der Waals surface area contributed by atoms with E-state index in [-0.39, 0.29) is 12.6 Å². The van der Waals surface area contributed by atoms with Gasteiger partial charge in [0, 0.05) is 11.5 Å².